The van der Waals surface area contributed by atoms with Crippen molar-refractivity contribution in [1.29, 1.82) is 0 Å². The van der Waals surface area contributed by atoms with Crippen molar-refractivity contribution in [2.24, 2.45) is 5.41 Å². The second-order valence-electron chi connectivity index (χ2n) is 5.42. The molecule has 1 rings (SSSR count). The summed E-state index contributed by atoms with van der Waals surface area (Å²) in [5.74, 6) is 0. The Bertz CT molecular complexity index is 158. The summed E-state index contributed by atoms with van der Waals surface area (Å²) in [6.45, 7) is 6.06. The monoisotopic (exact) mass is 261 g/mol. The van der Waals surface area contributed by atoms with Gasteiger partial charge in [-0.05, 0) is 51.1 Å². The second kappa shape index (κ2) is 5.50. The minimum atomic E-state index is 0.604. The van der Waals surface area contributed by atoms with Gasteiger partial charge in [0.15, 0.2) is 0 Å². The first-order valence-electron chi connectivity index (χ1n) is 5.81. The molecule has 0 aromatic rings. The highest BCUT2D eigenvalue weighted by Gasteiger charge is 2.28. The van der Waals surface area contributed by atoms with Crippen LogP contribution in [0.4, 0.5) is 0 Å². The first-order chi connectivity index (χ1) is 6.55. The molecule has 1 nitrogen and oxygen atoms in total. The minimum Gasteiger partial charge on any atom is -0.303 e. The standard InChI is InChI=1S/C12H24BrN/c1-12(2)7-5-11(6-8-12)14(3)10-4-9-13/h11H,4-10H2,1-3H3. The van der Waals surface area contributed by atoms with E-state index in [-0.39, 0.29) is 0 Å². The predicted molar refractivity (Wildman–Crippen MR) is 67.1 cm³/mol. The smallest absolute Gasteiger partial charge is 0.00926 e. The highest BCUT2D eigenvalue weighted by Crippen LogP contribution is 2.36. The summed E-state index contributed by atoms with van der Waals surface area (Å²) in [7, 11) is 2.28. The van der Waals surface area contributed by atoms with Crippen LogP contribution in [-0.2, 0) is 0 Å². The second-order valence-corrected chi connectivity index (χ2v) is 6.21. The minimum absolute atomic E-state index is 0.604. The van der Waals surface area contributed by atoms with Gasteiger partial charge in [-0.2, -0.15) is 0 Å². The SMILES string of the molecule is CN(CCCBr)C1CCC(C)(C)CC1. The van der Waals surface area contributed by atoms with Crippen LogP contribution < -0.4 is 0 Å². The fourth-order valence-corrected chi connectivity index (χ4v) is 2.57. The molecule has 0 radical (unpaired) electrons. The van der Waals surface area contributed by atoms with Crippen LogP contribution >= 0.6 is 15.9 Å². The first-order valence-corrected chi connectivity index (χ1v) is 6.93. The quantitative estimate of drug-likeness (QED) is 0.699. The molecule has 1 aliphatic carbocycles. The Labute approximate surface area is 97.4 Å². The lowest BCUT2D eigenvalue weighted by Gasteiger charge is -2.38. The summed E-state index contributed by atoms with van der Waals surface area (Å²) >= 11 is 3.49. The molecule has 84 valence electrons. The normalized spacial score (nSPS) is 22.9. The maximum atomic E-state index is 3.49. The first kappa shape index (κ1) is 12.5. The molecule has 1 saturated carbocycles. The third-order valence-electron chi connectivity index (χ3n) is 3.58. The van der Waals surface area contributed by atoms with Crippen LogP contribution in [0.25, 0.3) is 0 Å². The van der Waals surface area contributed by atoms with Crippen molar-refractivity contribution in [2.45, 2.75) is 52.0 Å². The van der Waals surface area contributed by atoms with Crippen LogP contribution in [0.15, 0.2) is 0 Å². The zero-order valence-corrected chi connectivity index (χ0v) is 11.4. The van der Waals surface area contributed by atoms with E-state index in [1.54, 1.807) is 0 Å². The van der Waals surface area contributed by atoms with E-state index in [1.807, 2.05) is 0 Å². The van der Waals surface area contributed by atoms with E-state index in [0.717, 1.165) is 11.4 Å². The molecule has 0 saturated heterocycles. The molecule has 0 amide bonds. The molecule has 0 bridgehead atoms. The maximum absolute atomic E-state index is 3.49. The lowest BCUT2D eigenvalue weighted by molar-refractivity contribution is 0.128. The van der Waals surface area contributed by atoms with Gasteiger partial charge in [0.1, 0.15) is 0 Å². The zero-order valence-electron chi connectivity index (χ0n) is 9.85. The molecule has 0 aromatic carbocycles. The lowest BCUT2D eigenvalue weighted by Crippen LogP contribution is -2.37. The van der Waals surface area contributed by atoms with Crippen LogP contribution in [0.2, 0.25) is 0 Å². The van der Waals surface area contributed by atoms with Gasteiger partial charge in [-0.1, -0.05) is 29.8 Å². The van der Waals surface area contributed by atoms with Crippen molar-refractivity contribution in [3.8, 4) is 0 Å². The Morgan fingerprint density at radius 3 is 2.36 bits per heavy atom. The molecule has 0 atom stereocenters. The number of rotatable bonds is 4. The van der Waals surface area contributed by atoms with E-state index in [9.17, 15) is 0 Å². The van der Waals surface area contributed by atoms with E-state index < -0.39 is 0 Å². The third kappa shape index (κ3) is 3.90. The average Bonchev–Trinajstić information content (AvgIpc) is 2.14. The lowest BCUT2D eigenvalue weighted by atomic mass is 9.75. The molecule has 0 unspecified atom stereocenters. The number of halogens is 1. The van der Waals surface area contributed by atoms with Crippen molar-refractivity contribution < 1.29 is 0 Å². The number of nitrogens with zero attached hydrogens (tertiary/aromatic N) is 1. The Morgan fingerprint density at radius 2 is 1.86 bits per heavy atom. The van der Waals surface area contributed by atoms with Crippen molar-refractivity contribution in [3.05, 3.63) is 0 Å². The van der Waals surface area contributed by atoms with Gasteiger partial charge in [0, 0.05) is 11.4 Å². The van der Waals surface area contributed by atoms with Crippen LogP contribution in [0.1, 0.15) is 46.0 Å². The number of alkyl halides is 1. The van der Waals surface area contributed by atoms with E-state index in [4.69, 9.17) is 0 Å². The highest BCUT2D eigenvalue weighted by atomic mass is 79.9. The third-order valence-corrected chi connectivity index (χ3v) is 4.14. The molecule has 0 heterocycles. The van der Waals surface area contributed by atoms with Gasteiger partial charge < -0.3 is 4.90 Å². The van der Waals surface area contributed by atoms with Gasteiger partial charge in [-0.25, -0.2) is 0 Å². The van der Waals surface area contributed by atoms with Crippen molar-refractivity contribution >= 4 is 15.9 Å². The summed E-state index contributed by atoms with van der Waals surface area (Å²) < 4.78 is 0. The van der Waals surface area contributed by atoms with E-state index >= 15 is 0 Å². The van der Waals surface area contributed by atoms with E-state index in [1.165, 1.54) is 38.6 Å². The molecule has 2 heteroatoms. The fourth-order valence-electron chi connectivity index (χ4n) is 2.32. The zero-order chi connectivity index (χ0) is 10.6. The van der Waals surface area contributed by atoms with Gasteiger partial charge in [0.2, 0.25) is 0 Å². The molecule has 0 aliphatic heterocycles. The van der Waals surface area contributed by atoms with Crippen LogP contribution in [-0.4, -0.2) is 29.9 Å². The van der Waals surface area contributed by atoms with Gasteiger partial charge in [0.05, 0.1) is 0 Å². The Morgan fingerprint density at radius 1 is 1.29 bits per heavy atom. The highest BCUT2D eigenvalue weighted by molar-refractivity contribution is 9.09. The number of hydrogen-bond donors (Lipinski definition) is 0. The molecular weight excluding hydrogens is 238 g/mol. The molecular formula is C12H24BrN. The van der Waals surface area contributed by atoms with E-state index in [0.29, 0.717) is 5.41 Å². The van der Waals surface area contributed by atoms with Crippen LogP contribution in [0.5, 0.6) is 0 Å². The Hall–Kier alpha value is 0.440. The molecule has 0 N–H and O–H groups in total. The fraction of sp³-hybridized carbons (Fsp3) is 1.00. The largest absolute Gasteiger partial charge is 0.303 e. The molecule has 14 heavy (non-hydrogen) atoms. The van der Waals surface area contributed by atoms with Gasteiger partial charge in [0.25, 0.3) is 0 Å². The summed E-state index contributed by atoms with van der Waals surface area (Å²) in [5, 5.41) is 1.13. The van der Waals surface area contributed by atoms with Gasteiger partial charge in [-0.15, -0.1) is 0 Å². The van der Waals surface area contributed by atoms with Crippen molar-refractivity contribution in [2.75, 3.05) is 18.9 Å². The van der Waals surface area contributed by atoms with Gasteiger partial charge in [-0.3, -0.25) is 0 Å². The maximum Gasteiger partial charge on any atom is 0.00926 e. The summed E-state index contributed by atoms with van der Waals surface area (Å²) in [5.41, 5.74) is 0.604. The summed E-state index contributed by atoms with van der Waals surface area (Å²) in [4.78, 5) is 2.55. The summed E-state index contributed by atoms with van der Waals surface area (Å²) in [6.07, 6.45) is 6.86. The van der Waals surface area contributed by atoms with Crippen molar-refractivity contribution in [3.63, 3.8) is 0 Å². The Balaban J connectivity index is 2.27. The molecule has 1 fully saturated rings. The topological polar surface area (TPSA) is 3.24 Å². The molecule has 1 aliphatic rings. The molecule has 0 spiro atoms. The summed E-state index contributed by atoms with van der Waals surface area (Å²) in [6, 6.07) is 0.849. The number of hydrogen-bond acceptors (Lipinski definition) is 1. The average molecular weight is 262 g/mol. The van der Waals surface area contributed by atoms with Crippen LogP contribution in [0, 0.1) is 5.41 Å². The van der Waals surface area contributed by atoms with Gasteiger partial charge >= 0.3 is 0 Å². The van der Waals surface area contributed by atoms with E-state index in [2.05, 4.69) is 41.7 Å². The van der Waals surface area contributed by atoms with Crippen molar-refractivity contribution in [1.82, 2.24) is 4.90 Å². The predicted octanol–water partition coefficient (Wildman–Crippen LogP) is 3.67. The Kier molecular flexibility index (Phi) is 4.92. The van der Waals surface area contributed by atoms with Crippen LogP contribution in [0.3, 0.4) is 0 Å². The molecule has 0 aromatic heterocycles.